The minimum atomic E-state index is 0.615. The minimum Gasteiger partial charge on any atom is -0.276 e. The average molecular weight is 349 g/mol. The quantitative estimate of drug-likeness (QED) is 0.557. The van der Waals surface area contributed by atoms with Gasteiger partial charge in [0.15, 0.2) is 11.0 Å². The standard InChI is InChI=1S/C17H15N7S/c1-2-4-14-13(3-1)12(11-5-6-11)7-8-15(14)24-10-18-21-17(24)25-9-16-19-22-23-20-16/h1-4,7-8,10-11H,5-6,9H2,(H,19,20,22,23). The van der Waals surface area contributed by atoms with E-state index in [1.807, 2.05) is 4.57 Å². The van der Waals surface area contributed by atoms with Crippen LogP contribution in [-0.2, 0) is 5.75 Å². The topological polar surface area (TPSA) is 85.2 Å². The summed E-state index contributed by atoms with van der Waals surface area (Å²) in [6.07, 6.45) is 4.35. The number of hydrogen-bond donors (Lipinski definition) is 1. The summed E-state index contributed by atoms with van der Waals surface area (Å²) in [4.78, 5) is 0. The van der Waals surface area contributed by atoms with Crippen molar-refractivity contribution < 1.29 is 0 Å². The van der Waals surface area contributed by atoms with E-state index in [2.05, 4.69) is 67.2 Å². The predicted molar refractivity (Wildman–Crippen MR) is 94.6 cm³/mol. The molecule has 0 saturated heterocycles. The maximum Gasteiger partial charge on any atom is 0.196 e. The molecule has 2 aromatic carbocycles. The molecule has 1 saturated carbocycles. The van der Waals surface area contributed by atoms with E-state index >= 15 is 0 Å². The second-order valence-corrected chi connectivity index (χ2v) is 7.06. The Bertz CT molecular complexity index is 1020. The first kappa shape index (κ1) is 14.6. The number of fused-ring (bicyclic) bond motifs is 1. The van der Waals surface area contributed by atoms with Gasteiger partial charge in [-0.3, -0.25) is 4.57 Å². The molecule has 1 N–H and O–H groups in total. The van der Waals surface area contributed by atoms with Gasteiger partial charge in [0.1, 0.15) is 6.33 Å². The number of aromatic amines is 1. The molecule has 0 aliphatic heterocycles. The minimum absolute atomic E-state index is 0.615. The molecule has 0 unspecified atom stereocenters. The lowest BCUT2D eigenvalue weighted by atomic mass is 9.99. The SMILES string of the molecule is c1ccc2c(-n3cnnc3SCc3nnn[nH]3)ccc(C3CC3)c2c1. The molecule has 124 valence electrons. The lowest BCUT2D eigenvalue weighted by Gasteiger charge is -2.12. The van der Waals surface area contributed by atoms with Crippen molar-refractivity contribution in [3.05, 3.63) is 54.1 Å². The van der Waals surface area contributed by atoms with E-state index in [-0.39, 0.29) is 0 Å². The monoisotopic (exact) mass is 349 g/mol. The highest BCUT2D eigenvalue weighted by atomic mass is 32.2. The zero-order chi connectivity index (χ0) is 16.6. The third kappa shape index (κ3) is 2.68. The van der Waals surface area contributed by atoms with E-state index < -0.39 is 0 Å². The molecule has 0 spiro atoms. The fraction of sp³-hybridized carbons (Fsp3) is 0.235. The van der Waals surface area contributed by atoms with E-state index in [0.717, 1.165) is 10.8 Å². The van der Waals surface area contributed by atoms with Crippen LogP contribution in [-0.4, -0.2) is 35.4 Å². The Labute approximate surface area is 147 Å². The summed E-state index contributed by atoms with van der Waals surface area (Å²) < 4.78 is 2.04. The van der Waals surface area contributed by atoms with E-state index in [1.165, 1.54) is 29.2 Å². The molecule has 8 heteroatoms. The lowest BCUT2D eigenvalue weighted by Crippen LogP contribution is -1.98. The van der Waals surface area contributed by atoms with Crippen molar-refractivity contribution in [2.24, 2.45) is 0 Å². The van der Waals surface area contributed by atoms with Crippen LogP contribution in [0.1, 0.15) is 30.1 Å². The second kappa shape index (κ2) is 5.96. The third-order valence-corrected chi connectivity index (χ3v) is 5.41. The number of rotatable bonds is 5. The number of tetrazole rings is 1. The van der Waals surface area contributed by atoms with Gasteiger partial charge in [-0.15, -0.1) is 15.3 Å². The van der Waals surface area contributed by atoms with Gasteiger partial charge in [0.2, 0.25) is 0 Å². The summed E-state index contributed by atoms with van der Waals surface area (Å²) >= 11 is 1.55. The number of nitrogens with one attached hydrogen (secondary N) is 1. The molecule has 0 bridgehead atoms. The van der Waals surface area contributed by atoms with Gasteiger partial charge in [-0.25, -0.2) is 5.10 Å². The molecule has 1 aliphatic rings. The zero-order valence-electron chi connectivity index (χ0n) is 13.3. The molecular weight excluding hydrogens is 334 g/mol. The normalized spacial score (nSPS) is 14.2. The number of benzene rings is 2. The molecule has 0 atom stereocenters. The fourth-order valence-corrected chi connectivity index (χ4v) is 3.91. The maximum absolute atomic E-state index is 4.26. The lowest BCUT2D eigenvalue weighted by molar-refractivity contribution is 0.881. The van der Waals surface area contributed by atoms with Gasteiger partial charge in [-0.2, -0.15) is 0 Å². The van der Waals surface area contributed by atoms with Crippen molar-refractivity contribution in [3.8, 4) is 5.69 Å². The van der Waals surface area contributed by atoms with Gasteiger partial charge < -0.3 is 0 Å². The van der Waals surface area contributed by atoms with Crippen molar-refractivity contribution in [3.63, 3.8) is 0 Å². The van der Waals surface area contributed by atoms with Crippen LogP contribution in [0.2, 0.25) is 0 Å². The van der Waals surface area contributed by atoms with Crippen molar-refractivity contribution >= 4 is 22.5 Å². The van der Waals surface area contributed by atoms with Crippen molar-refractivity contribution in [1.29, 1.82) is 0 Å². The number of hydrogen-bond acceptors (Lipinski definition) is 6. The van der Waals surface area contributed by atoms with E-state index in [4.69, 9.17) is 0 Å². The summed E-state index contributed by atoms with van der Waals surface area (Å²) in [6, 6.07) is 13.0. The number of thioether (sulfide) groups is 1. The first-order valence-corrected chi connectivity index (χ1v) is 9.16. The Morgan fingerprint density at radius 2 is 1.96 bits per heavy atom. The Balaban J connectivity index is 1.56. The van der Waals surface area contributed by atoms with Crippen LogP contribution >= 0.6 is 11.8 Å². The Kier molecular flexibility index (Phi) is 3.48. The summed E-state index contributed by atoms with van der Waals surface area (Å²) in [5.74, 6) is 2.05. The van der Waals surface area contributed by atoms with Crippen LogP contribution in [0.4, 0.5) is 0 Å². The first-order chi connectivity index (χ1) is 12.4. The maximum atomic E-state index is 4.26. The Morgan fingerprint density at radius 1 is 1.08 bits per heavy atom. The van der Waals surface area contributed by atoms with Crippen LogP contribution < -0.4 is 0 Å². The second-order valence-electron chi connectivity index (χ2n) is 6.11. The van der Waals surface area contributed by atoms with Crippen LogP contribution in [0.15, 0.2) is 47.9 Å². The van der Waals surface area contributed by atoms with Crippen LogP contribution in [0.3, 0.4) is 0 Å². The van der Waals surface area contributed by atoms with Gasteiger partial charge in [0.25, 0.3) is 0 Å². The third-order valence-electron chi connectivity index (χ3n) is 4.46. The molecule has 7 nitrogen and oxygen atoms in total. The Hall–Kier alpha value is -2.74. The molecule has 5 rings (SSSR count). The summed E-state index contributed by atoms with van der Waals surface area (Å²) in [5, 5.41) is 25.6. The average Bonchev–Trinajstić information content (AvgIpc) is 3.16. The summed E-state index contributed by atoms with van der Waals surface area (Å²) in [6.45, 7) is 0. The fourth-order valence-electron chi connectivity index (χ4n) is 3.13. The van der Waals surface area contributed by atoms with Crippen LogP contribution in [0.5, 0.6) is 0 Å². The van der Waals surface area contributed by atoms with Crippen molar-refractivity contribution in [2.45, 2.75) is 29.7 Å². The molecule has 1 fully saturated rings. The van der Waals surface area contributed by atoms with E-state index in [0.29, 0.717) is 17.5 Å². The van der Waals surface area contributed by atoms with Crippen molar-refractivity contribution in [2.75, 3.05) is 0 Å². The van der Waals surface area contributed by atoms with Crippen LogP contribution in [0, 0.1) is 0 Å². The van der Waals surface area contributed by atoms with Gasteiger partial charge in [-0.1, -0.05) is 42.1 Å². The van der Waals surface area contributed by atoms with Gasteiger partial charge in [-0.05, 0) is 46.2 Å². The van der Waals surface area contributed by atoms with Gasteiger partial charge in [0.05, 0.1) is 11.4 Å². The van der Waals surface area contributed by atoms with Gasteiger partial charge in [0, 0.05) is 5.39 Å². The van der Waals surface area contributed by atoms with E-state index in [1.54, 1.807) is 18.1 Å². The predicted octanol–water partition coefficient (Wildman–Crippen LogP) is 3.10. The molecule has 0 radical (unpaired) electrons. The molecule has 1 aliphatic carbocycles. The van der Waals surface area contributed by atoms with Crippen LogP contribution in [0.25, 0.3) is 16.5 Å². The summed E-state index contributed by atoms with van der Waals surface area (Å²) in [5.41, 5.74) is 2.55. The molecule has 0 amide bonds. The largest absolute Gasteiger partial charge is 0.276 e. The highest BCUT2D eigenvalue weighted by molar-refractivity contribution is 7.98. The number of aromatic nitrogens is 7. The molecule has 25 heavy (non-hydrogen) atoms. The zero-order valence-corrected chi connectivity index (χ0v) is 14.1. The molecule has 2 heterocycles. The molecule has 4 aromatic rings. The highest BCUT2D eigenvalue weighted by Gasteiger charge is 2.26. The summed E-state index contributed by atoms with van der Waals surface area (Å²) in [7, 11) is 0. The molecular formula is C17H15N7S. The Morgan fingerprint density at radius 3 is 2.76 bits per heavy atom. The molecule has 2 aromatic heterocycles. The van der Waals surface area contributed by atoms with Gasteiger partial charge >= 0.3 is 0 Å². The highest BCUT2D eigenvalue weighted by Crippen LogP contribution is 2.44. The smallest absolute Gasteiger partial charge is 0.196 e. The first-order valence-electron chi connectivity index (χ1n) is 8.17. The van der Waals surface area contributed by atoms with Crippen molar-refractivity contribution in [1.82, 2.24) is 35.4 Å². The number of H-pyrrole nitrogens is 1. The van der Waals surface area contributed by atoms with E-state index in [9.17, 15) is 0 Å². The number of nitrogens with zero attached hydrogens (tertiary/aromatic N) is 6.